The minimum Gasteiger partial charge on any atom is -0.373 e. The van der Waals surface area contributed by atoms with Gasteiger partial charge in [-0.15, -0.1) is 0 Å². The summed E-state index contributed by atoms with van der Waals surface area (Å²) in [6.07, 6.45) is 0. The third-order valence-corrected chi connectivity index (χ3v) is 0.567. The van der Waals surface area contributed by atoms with E-state index >= 15 is 0 Å². The van der Waals surface area contributed by atoms with Gasteiger partial charge in [0.15, 0.2) is 0 Å². The van der Waals surface area contributed by atoms with Gasteiger partial charge in [-0.05, 0) is 0 Å². The molecule has 1 nitrogen and oxygen atoms in total. The highest BCUT2D eigenvalue weighted by Crippen LogP contribution is 1.72. The van der Waals surface area contributed by atoms with E-state index in [4.69, 9.17) is 0 Å². The van der Waals surface area contributed by atoms with E-state index in [2.05, 4.69) is 36.6 Å². The molecular formula is C4H10Br2O. The normalized spacial score (nSPS) is 6.86. The maximum absolute atomic E-state index is 4.46. The molecule has 0 amide bonds. The van der Waals surface area contributed by atoms with Crippen LogP contribution in [0.15, 0.2) is 0 Å². The van der Waals surface area contributed by atoms with Gasteiger partial charge in [0, 0.05) is 12.4 Å². The van der Waals surface area contributed by atoms with Crippen LogP contribution in [0.5, 0.6) is 0 Å². The average molecular weight is 234 g/mol. The number of hydrogen-bond acceptors (Lipinski definition) is 1. The second-order valence-corrected chi connectivity index (χ2v) is 2.24. The molecule has 0 heterocycles. The molecule has 0 bridgehead atoms. The molecule has 0 fully saturated rings. The van der Waals surface area contributed by atoms with Crippen LogP contribution in [0.4, 0.5) is 0 Å². The summed E-state index contributed by atoms with van der Waals surface area (Å²) in [5, 5.41) is 1.06. The van der Waals surface area contributed by atoms with Crippen molar-refractivity contribution in [3.8, 4) is 0 Å². The van der Waals surface area contributed by atoms with Crippen molar-refractivity contribution in [2.45, 2.75) is 6.92 Å². The first-order chi connectivity index (χ1) is 3.33. The first kappa shape index (κ1) is 10.8. The topological polar surface area (TPSA) is 9.23 Å². The lowest BCUT2D eigenvalue weighted by atomic mass is 11.0. The van der Waals surface area contributed by atoms with Crippen LogP contribution in [-0.4, -0.2) is 18.0 Å². The fourth-order valence-corrected chi connectivity index (χ4v) is 0. The van der Waals surface area contributed by atoms with E-state index < -0.39 is 0 Å². The maximum atomic E-state index is 4.46. The molecule has 3 heteroatoms. The van der Waals surface area contributed by atoms with Crippen molar-refractivity contribution < 1.29 is 4.74 Å². The van der Waals surface area contributed by atoms with E-state index in [0.717, 1.165) is 5.33 Å². The van der Waals surface area contributed by atoms with Crippen molar-refractivity contribution in [2.24, 2.45) is 0 Å². The number of rotatable bonds is 1. The molecule has 0 atom stereocenters. The second kappa shape index (κ2) is 15.8. The van der Waals surface area contributed by atoms with Gasteiger partial charge in [-0.25, -0.2) is 0 Å². The maximum Gasteiger partial charge on any atom is 0.101 e. The summed E-state index contributed by atoms with van der Waals surface area (Å²) >= 11 is 6.17. The summed E-state index contributed by atoms with van der Waals surface area (Å²) in [5.74, 6) is 0. The Kier molecular flexibility index (Phi) is 24.4. The molecule has 0 N–H and O–H groups in total. The summed E-state index contributed by atoms with van der Waals surface area (Å²) in [7, 11) is 1.63. The number of ether oxygens (including phenoxy) is 1. The van der Waals surface area contributed by atoms with Crippen LogP contribution >= 0.6 is 31.9 Å². The molecule has 0 radical (unpaired) electrons. The molecule has 46 valence electrons. The molecule has 0 saturated carbocycles. The Morgan fingerprint density at radius 2 is 1.57 bits per heavy atom. The lowest BCUT2D eigenvalue weighted by Crippen LogP contribution is -1.68. The summed E-state index contributed by atoms with van der Waals surface area (Å²) < 4.78 is 4.46. The summed E-state index contributed by atoms with van der Waals surface area (Å²) in [4.78, 5) is 0. The molecule has 0 aliphatic rings. The van der Waals surface area contributed by atoms with Crippen molar-refractivity contribution in [3.05, 3.63) is 0 Å². The van der Waals surface area contributed by atoms with Crippen LogP contribution in [0.1, 0.15) is 6.92 Å². The highest BCUT2D eigenvalue weighted by atomic mass is 79.9. The standard InChI is InChI=1S/C2H5BrO.C2H5Br/c1-4-2-3;1-2-3/h2H2,1H3;2H2,1H3. The Morgan fingerprint density at radius 3 is 1.57 bits per heavy atom. The van der Waals surface area contributed by atoms with Gasteiger partial charge < -0.3 is 4.74 Å². The minimum atomic E-state index is 0.632. The van der Waals surface area contributed by atoms with Crippen LogP contribution in [0.2, 0.25) is 0 Å². The molecule has 0 unspecified atom stereocenters. The fraction of sp³-hybridized carbons (Fsp3) is 1.00. The Bertz CT molecular complexity index is 17.2. The Labute approximate surface area is 61.7 Å². The van der Waals surface area contributed by atoms with Gasteiger partial charge >= 0.3 is 0 Å². The van der Waals surface area contributed by atoms with Crippen molar-refractivity contribution in [3.63, 3.8) is 0 Å². The zero-order chi connectivity index (χ0) is 6.12. The highest BCUT2D eigenvalue weighted by molar-refractivity contribution is 9.09. The van der Waals surface area contributed by atoms with E-state index in [1.165, 1.54) is 0 Å². The summed E-state index contributed by atoms with van der Waals surface area (Å²) in [6.45, 7) is 2.04. The van der Waals surface area contributed by atoms with Crippen molar-refractivity contribution in [1.82, 2.24) is 0 Å². The monoisotopic (exact) mass is 232 g/mol. The first-order valence-corrected chi connectivity index (χ1v) is 4.18. The molecule has 0 spiro atoms. The minimum absolute atomic E-state index is 0.632. The molecule has 0 saturated heterocycles. The number of halogens is 2. The third-order valence-electron chi connectivity index (χ3n) is 0.109. The van der Waals surface area contributed by atoms with Gasteiger partial charge in [-0.2, -0.15) is 0 Å². The molecule has 0 rings (SSSR count). The van der Waals surface area contributed by atoms with Crippen molar-refractivity contribution in [2.75, 3.05) is 18.0 Å². The zero-order valence-corrected chi connectivity index (χ0v) is 7.75. The number of alkyl halides is 2. The van der Waals surface area contributed by atoms with Gasteiger partial charge in [0.1, 0.15) is 5.52 Å². The number of hydrogen-bond donors (Lipinski definition) is 0. The third kappa shape index (κ3) is 45.4. The van der Waals surface area contributed by atoms with Crippen LogP contribution in [0.25, 0.3) is 0 Å². The molecule has 7 heavy (non-hydrogen) atoms. The van der Waals surface area contributed by atoms with Crippen LogP contribution in [-0.2, 0) is 4.74 Å². The SMILES string of the molecule is CCBr.COCBr. The van der Waals surface area contributed by atoms with Gasteiger partial charge in [0.25, 0.3) is 0 Å². The van der Waals surface area contributed by atoms with E-state index in [0.29, 0.717) is 5.52 Å². The molecule has 0 aliphatic heterocycles. The smallest absolute Gasteiger partial charge is 0.101 e. The second-order valence-electron chi connectivity index (χ2n) is 0.665. The molecule has 0 aromatic heterocycles. The van der Waals surface area contributed by atoms with E-state index in [-0.39, 0.29) is 0 Å². The quantitative estimate of drug-likeness (QED) is 0.633. The first-order valence-electron chi connectivity index (χ1n) is 1.94. The van der Waals surface area contributed by atoms with Crippen LogP contribution in [0.3, 0.4) is 0 Å². The van der Waals surface area contributed by atoms with E-state index in [9.17, 15) is 0 Å². The molecule has 0 aliphatic carbocycles. The van der Waals surface area contributed by atoms with Gasteiger partial charge in [0.2, 0.25) is 0 Å². The Hall–Kier alpha value is 0.920. The molecule has 0 aromatic carbocycles. The van der Waals surface area contributed by atoms with Crippen molar-refractivity contribution >= 4 is 31.9 Å². The molecular weight excluding hydrogens is 224 g/mol. The summed E-state index contributed by atoms with van der Waals surface area (Å²) in [5.41, 5.74) is 0.632. The highest BCUT2D eigenvalue weighted by Gasteiger charge is 1.54. The predicted molar refractivity (Wildman–Crippen MR) is 40.3 cm³/mol. The lowest BCUT2D eigenvalue weighted by Gasteiger charge is -1.74. The summed E-state index contributed by atoms with van der Waals surface area (Å²) in [6, 6.07) is 0. The van der Waals surface area contributed by atoms with E-state index in [1.807, 2.05) is 6.92 Å². The fourth-order valence-electron chi connectivity index (χ4n) is 0. The van der Waals surface area contributed by atoms with Crippen LogP contribution < -0.4 is 0 Å². The van der Waals surface area contributed by atoms with Gasteiger partial charge in [0.05, 0.1) is 0 Å². The van der Waals surface area contributed by atoms with Crippen LogP contribution in [0, 0.1) is 0 Å². The van der Waals surface area contributed by atoms with Crippen molar-refractivity contribution in [1.29, 1.82) is 0 Å². The van der Waals surface area contributed by atoms with Gasteiger partial charge in [-0.3, -0.25) is 0 Å². The lowest BCUT2D eigenvalue weighted by molar-refractivity contribution is 0.263. The van der Waals surface area contributed by atoms with E-state index in [1.54, 1.807) is 7.11 Å². The Balaban J connectivity index is 0. The zero-order valence-electron chi connectivity index (χ0n) is 4.58. The largest absolute Gasteiger partial charge is 0.373 e. The predicted octanol–water partition coefficient (Wildman–Crippen LogP) is 2.39. The van der Waals surface area contributed by atoms with Gasteiger partial charge in [-0.1, -0.05) is 38.8 Å². The number of methoxy groups -OCH3 is 1. The average Bonchev–Trinajstić information content (AvgIpc) is 1.69. The Morgan fingerprint density at radius 1 is 1.43 bits per heavy atom. The molecule has 0 aromatic rings.